The SMILES string of the molecule is C=CC1C[N@+]2(Cc3ccccc3)CC[C@H]1C[C@H]2[C@@H](O)C(O)c1ccnc2ccccc12. The van der Waals surface area contributed by atoms with Crippen LogP contribution >= 0.6 is 0 Å². The van der Waals surface area contributed by atoms with Gasteiger partial charge in [-0.15, -0.1) is 6.58 Å². The fraction of sp³-hybridized carbons (Fsp3) is 0.370. The van der Waals surface area contributed by atoms with E-state index < -0.39 is 12.2 Å². The molecule has 0 amide bonds. The van der Waals surface area contributed by atoms with Gasteiger partial charge in [-0.3, -0.25) is 4.98 Å². The minimum atomic E-state index is -0.940. The van der Waals surface area contributed by atoms with E-state index >= 15 is 0 Å². The van der Waals surface area contributed by atoms with E-state index in [0.29, 0.717) is 11.8 Å². The highest BCUT2D eigenvalue weighted by atomic mass is 16.3. The first-order chi connectivity index (χ1) is 15.1. The average molecular weight is 416 g/mol. The summed E-state index contributed by atoms with van der Waals surface area (Å²) < 4.78 is 0.818. The molecule has 1 aromatic heterocycles. The quantitative estimate of drug-likeness (QED) is 0.468. The van der Waals surface area contributed by atoms with Crippen LogP contribution in [0.15, 0.2) is 79.5 Å². The summed E-state index contributed by atoms with van der Waals surface area (Å²) in [5, 5.41) is 23.8. The van der Waals surface area contributed by atoms with Gasteiger partial charge in [0.2, 0.25) is 0 Å². The molecule has 3 aliphatic heterocycles. The second kappa shape index (κ2) is 8.19. The van der Waals surface area contributed by atoms with Crippen molar-refractivity contribution in [2.45, 2.75) is 37.6 Å². The van der Waals surface area contributed by atoms with Gasteiger partial charge in [0.05, 0.1) is 18.6 Å². The number of quaternary nitrogens is 1. The van der Waals surface area contributed by atoms with E-state index in [1.54, 1.807) is 6.20 Å². The van der Waals surface area contributed by atoms with Crippen LogP contribution in [-0.4, -0.2) is 44.9 Å². The van der Waals surface area contributed by atoms with Crippen LogP contribution in [0.25, 0.3) is 10.9 Å². The van der Waals surface area contributed by atoms with E-state index in [1.807, 2.05) is 36.4 Å². The van der Waals surface area contributed by atoms with Crippen molar-refractivity contribution in [3.05, 3.63) is 90.6 Å². The summed E-state index contributed by atoms with van der Waals surface area (Å²) >= 11 is 0. The van der Waals surface area contributed by atoms with Gasteiger partial charge in [0, 0.05) is 35.9 Å². The van der Waals surface area contributed by atoms with Crippen LogP contribution in [0, 0.1) is 11.8 Å². The number of rotatable bonds is 6. The van der Waals surface area contributed by atoms with E-state index in [0.717, 1.165) is 53.4 Å². The number of para-hydroxylation sites is 1. The largest absolute Gasteiger partial charge is 0.385 e. The summed E-state index contributed by atoms with van der Waals surface area (Å²) in [6.07, 6.45) is 4.14. The van der Waals surface area contributed by atoms with Crippen molar-refractivity contribution in [2.24, 2.45) is 11.8 Å². The number of nitrogens with zero attached hydrogens (tertiary/aromatic N) is 2. The van der Waals surface area contributed by atoms with Gasteiger partial charge < -0.3 is 14.7 Å². The molecule has 0 aliphatic carbocycles. The van der Waals surface area contributed by atoms with E-state index in [1.165, 1.54) is 5.56 Å². The topological polar surface area (TPSA) is 53.4 Å². The Bertz CT molecular complexity index is 1060. The Labute approximate surface area is 184 Å². The first kappa shape index (κ1) is 20.4. The Morgan fingerprint density at radius 3 is 2.65 bits per heavy atom. The summed E-state index contributed by atoms with van der Waals surface area (Å²) in [5.41, 5.74) is 2.89. The molecule has 0 radical (unpaired) electrons. The third-order valence-corrected chi connectivity index (χ3v) is 7.74. The van der Waals surface area contributed by atoms with Crippen LogP contribution in [0.4, 0.5) is 0 Å². The number of pyridine rings is 1. The van der Waals surface area contributed by atoms with E-state index in [9.17, 15) is 10.2 Å². The molecule has 4 heteroatoms. The summed E-state index contributed by atoms with van der Waals surface area (Å²) in [5.74, 6) is 1.01. The zero-order valence-corrected chi connectivity index (χ0v) is 17.8. The molecular formula is C27H31N2O2+. The summed E-state index contributed by atoms with van der Waals surface area (Å²) in [7, 11) is 0. The Hall–Kier alpha value is -2.53. The van der Waals surface area contributed by atoms with Crippen molar-refractivity contribution >= 4 is 10.9 Å². The van der Waals surface area contributed by atoms with Crippen molar-refractivity contribution in [3.8, 4) is 0 Å². The molecule has 4 nitrogen and oxygen atoms in total. The zero-order valence-electron chi connectivity index (χ0n) is 17.8. The highest BCUT2D eigenvalue weighted by molar-refractivity contribution is 5.82. The first-order valence-electron chi connectivity index (χ1n) is 11.3. The zero-order chi connectivity index (χ0) is 21.4. The second-order valence-corrected chi connectivity index (χ2v) is 9.37. The standard InChI is InChI=1S/C27H31N2O2/c1-2-20-18-29(17-19-8-4-3-5-9-19)15-13-21(20)16-25(29)27(31)26(30)23-12-14-28-24-11-7-6-10-22(23)24/h2-12,14,20-21,25-27,30-31H,1,13,15-18H2/q+1/t20?,21-,25-,26?,27+,29+/m0/s1. The van der Waals surface area contributed by atoms with Gasteiger partial charge in [0.25, 0.3) is 0 Å². The second-order valence-electron chi connectivity index (χ2n) is 9.37. The van der Waals surface area contributed by atoms with Crippen molar-refractivity contribution in [1.29, 1.82) is 0 Å². The fourth-order valence-corrected chi connectivity index (χ4v) is 6.13. The van der Waals surface area contributed by atoms with Gasteiger partial charge in [-0.2, -0.15) is 0 Å². The molecule has 3 aromatic rings. The number of piperidine rings is 3. The number of aliphatic hydroxyl groups excluding tert-OH is 2. The molecule has 2 unspecified atom stereocenters. The van der Waals surface area contributed by atoms with E-state index in [4.69, 9.17) is 0 Å². The third-order valence-electron chi connectivity index (χ3n) is 7.74. The molecule has 3 aliphatic rings. The molecule has 6 atom stereocenters. The van der Waals surface area contributed by atoms with Crippen molar-refractivity contribution in [1.82, 2.24) is 4.98 Å². The maximum absolute atomic E-state index is 11.6. The van der Waals surface area contributed by atoms with Crippen molar-refractivity contribution in [2.75, 3.05) is 13.1 Å². The number of aliphatic hydroxyl groups is 2. The van der Waals surface area contributed by atoms with Gasteiger partial charge in [-0.05, 0) is 23.6 Å². The lowest BCUT2D eigenvalue weighted by molar-refractivity contribution is -0.984. The lowest BCUT2D eigenvalue weighted by atomic mass is 9.71. The predicted octanol–water partition coefficient (Wildman–Crippen LogP) is 4.24. The maximum atomic E-state index is 11.6. The van der Waals surface area contributed by atoms with Gasteiger partial charge in [0.15, 0.2) is 0 Å². The lowest BCUT2D eigenvalue weighted by Crippen LogP contribution is -2.69. The third kappa shape index (κ3) is 3.59. The molecule has 4 heterocycles. The van der Waals surface area contributed by atoms with Crippen LogP contribution in [0.2, 0.25) is 0 Å². The molecule has 3 saturated heterocycles. The highest BCUT2D eigenvalue weighted by Gasteiger charge is 2.54. The molecule has 0 spiro atoms. The molecule has 160 valence electrons. The van der Waals surface area contributed by atoms with E-state index in [2.05, 4.69) is 41.9 Å². The number of aromatic nitrogens is 1. The minimum absolute atomic E-state index is 0.00270. The average Bonchev–Trinajstić information content (AvgIpc) is 2.83. The number of hydrogen-bond donors (Lipinski definition) is 2. The van der Waals surface area contributed by atoms with Gasteiger partial charge >= 0.3 is 0 Å². The summed E-state index contributed by atoms with van der Waals surface area (Å²) in [6.45, 7) is 7.00. The van der Waals surface area contributed by atoms with Gasteiger partial charge in [0.1, 0.15) is 24.8 Å². The minimum Gasteiger partial charge on any atom is -0.385 e. The summed E-state index contributed by atoms with van der Waals surface area (Å²) in [4.78, 5) is 4.42. The Morgan fingerprint density at radius 1 is 1.06 bits per heavy atom. The van der Waals surface area contributed by atoms with Gasteiger partial charge in [-0.25, -0.2) is 0 Å². The van der Waals surface area contributed by atoms with Gasteiger partial charge in [-0.1, -0.05) is 54.6 Å². The van der Waals surface area contributed by atoms with Crippen LogP contribution in [-0.2, 0) is 6.54 Å². The van der Waals surface area contributed by atoms with E-state index in [-0.39, 0.29) is 6.04 Å². The molecule has 3 fully saturated rings. The highest BCUT2D eigenvalue weighted by Crippen LogP contribution is 2.46. The van der Waals surface area contributed by atoms with Crippen LogP contribution in [0.1, 0.15) is 30.1 Å². The molecule has 2 aromatic carbocycles. The van der Waals surface area contributed by atoms with Crippen molar-refractivity contribution < 1.29 is 14.7 Å². The Morgan fingerprint density at radius 2 is 1.84 bits per heavy atom. The molecule has 0 saturated carbocycles. The predicted molar refractivity (Wildman–Crippen MR) is 123 cm³/mol. The smallest absolute Gasteiger partial charge is 0.136 e. The lowest BCUT2D eigenvalue weighted by Gasteiger charge is -2.58. The number of hydrogen-bond acceptors (Lipinski definition) is 3. The monoisotopic (exact) mass is 415 g/mol. The van der Waals surface area contributed by atoms with Crippen LogP contribution in [0.5, 0.6) is 0 Å². The normalized spacial score (nSPS) is 29.5. The molecule has 31 heavy (non-hydrogen) atoms. The fourth-order valence-electron chi connectivity index (χ4n) is 6.13. The maximum Gasteiger partial charge on any atom is 0.136 e. The molecule has 2 N–H and O–H groups in total. The first-order valence-corrected chi connectivity index (χ1v) is 11.3. The Balaban J connectivity index is 1.50. The number of fused-ring (bicyclic) bond motifs is 4. The Kier molecular flexibility index (Phi) is 5.39. The van der Waals surface area contributed by atoms with Crippen molar-refractivity contribution in [3.63, 3.8) is 0 Å². The van der Waals surface area contributed by atoms with Crippen LogP contribution in [0.3, 0.4) is 0 Å². The number of benzene rings is 2. The van der Waals surface area contributed by atoms with Crippen LogP contribution < -0.4 is 0 Å². The molecule has 6 rings (SSSR count). The molecule has 2 bridgehead atoms. The molecular weight excluding hydrogens is 384 g/mol. The summed E-state index contributed by atoms with van der Waals surface area (Å²) in [6, 6.07) is 20.2.